The zero-order chi connectivity index (χ0) is 13.4. The number of pyridine rings is 1. The normalized spacial score (nSPS) is 19.1. The number of nitrogens with zero attached hydrogens (tertiary/aromatic N) is 2. The molecule has 0 spiro atoms. The summed E-state index contributed by atoms with van der Waals surface area (Å²) in [5.41, 5.74) is 1.41. The van der Waals surface area contributed by atoms with E-state index in [9.17, 15) is 9.59 Å². The molecule has 1 atom stereocenters. The Kier molecular flexibility index (Phi) is 2.67. The summed E-state index contributed by atoms with van der Waals surface area (Å²) in [6.07, 6.45) is 1.72. The van der Waals surface area contributed by atoms with Crippen LogP contribution in [0.25, 0.3) is 10.9 Å². The Morgan fingerprint density at radius 1 is 1.32 bits per heavy atom. The van der Waals surface area contributed by atoms with Crippen molar-refractivity contribution in [2.24, 2.45) is 5.92 Å². The van der Waals surface area contributed by atoms with Crippen LogP contribution in [0.1, 0.15) is 6.42 Å². The quantitative estimate of drug-likeness (QED) is 0.887. The minimum absolute atomic E-state index is 0.0541. The van der Waals surface area contributed by atoms with Crippen LogP contribution in [0, 0.1) is 5.92 Å². The van der Waals surface area contributed by atoms with Crippen molar-refractivity contribution in [3.8, 4) is 0 Å². The van der Waals surface area contributed by atoms with Gasteiger partial charge in [0, 0.05) is 24.5 Å². The molecule has 0 saturated carbocycles. The van der Waals surface area contributed by atoms with Crippen molar-refractivity contribution in [1.82, 2.24) is 4.98 Å². The number of carboxylic acid groups (broad SMARTS) is 1. The molecule has 96 valence electrons. The number of rotatable bonds is 2. The molecule has 3 rings (SSSR count). The van der Waals surface area contributed by atoms with Crippen LogP contribution in [0.15, 0.2) is 36.5 Å². The standard InChI is InChI=1S/C14H12N2O3/c17-12-7-10(14(18)19)8-16(12)11-5-1-3-9-4-2-6-15-13(9)11/h1-6,10H,7-8H2,(H,18,19). The van der Waals surface area contributed by atoms with Gasteiger partial charge in [-0.15, -0.1) is 0 Å². The highest BCUT2D eigenvalue weighted by Gasteiger charge is 2.35. The van der Waals surface area contributed by atoms with E-state index in [1.54, 1.807) is 12.3 Å². The average Bonchev–Trinajstić information content (AvgIpc) is 2.80. The van der Waals surface area contributed by atoms with Gasteiger partial charge in [-0.3, -0.25) is 14.6 Å². The fourth-order valence-electron chi connectivity index (χ4n) is 2.41. The Labute approximate surface area is 109 Å². The average molecular weight is 256 g/mol. The smallest absolute Gasteiger partial charge is 0.308 e. The first-order valence-corrected chi connectivity index (χ1v) is 6.04. The summed E-state index contributed by atoms with van der Waals surface area (Å²) >= 11 is 0. The number of benzene rings is 1. The number of fused-ring (bicyclic) bond motifs is 1. The maximum atomic E-state index is 12.0. The molecule has 0 aliphatic carbocycles. The number of hydrogen-bond donors (Lipinski definition) is 1. The van der Waals surface area contributed by atoms with E-state index in [4.69, 9.17) is 5.11 Å². The lowest BCUT2D eigenvalue weighted by atomic mass is 10.1. The van der Waals surface area contributed by atoms with E-state index < -0.39 is 11.9 Å². The number of carbonyl (C=O) groups is 2. The Hall–Kier alpha value is -2.43. The zero-order valence-electron chi connectivity index (χ0n) is 10.1. The van der Waals surface area contributed by atoms with Crippen LogP contribution in [-0.4, -0.2) is 28.5 Å². The molecule has 19 heavy (non-hydrogen) atoms. The molecule has 1 aliphatic heterocycles. The number of anilines is 1. The number of hydrogen-bond acceptors (Lipinski definition) is 3. The van der Waals surface area contributed by atoms with Crippen LogP contribution >= 0.6 is 0 Å². The van der Waals surface area contributed by atoms with Gasteiger partial charge >= 0.3 is 5.97 Å². The van der Waals surface area contributed by atoms with Gasteiger partial charge in [0.05, 0.1) is 17.1 Å². The van der Waals surface area contributed by atoms with Crippen LogP contribution in [0.4, 0.5) is 5.69 Å². The van der Waals surface area contributed by atoms with E-state index >= 15 is 0 Å². The van der Waals surface area contributed by atoms with Crippen LogP contribution in [0.5, 0.6) is 0 Å². The summed E-state index contributed by atoms with van der Waals surface area (Å²) < 4.78 is 0. The topological polar surface area (TPSA) is 70.5 Å². The number of aromatic nitrogens is 1. The van der Waals surface area contributed by atoms with Crippen molar-refractivity contribution >= 4 is 28.5 Å². The van der Waals surface area contributed by atoms with E-state index in [2.05, 4.69) is 4.98 Å². The molecule has 5 heteroatoms. The fraction of sp³-hybridized carbons (Fsp3) is 0.214. The summed E-state index contributed by atoms with van der Waals surface area (Å²) in [7, 11) is 0. The Bertz CT molecular complexity index is 663. The van der Waals surface area contributed by atoms with Gasteiger partial charge in [0.2, 0.25) is 5.91 Å². The van der Waals surface area contributed by atoms with Crippen molar-refractivity contribution in [3.63, 3.8) is 0 Å². The van der Waals surface area contributed by atoms with E-state index in [1.165, 1.54) is 4.90 Å². The molecule has 1 aromatic heterocycles. The molecule has 5 nitrogen and oxygen atoms in total. The van der Waals surface area contributed by atoms with Crippen molar-refractivity contribution < 1.29 is 14.7 Å². The first-order chi connectivity index (χ1) is 9.16. The molecule has 2 heterocycles. The molecule has 1 fully saturated rings. The molecule has 0 radical (unpaired) electrons. The fourth-order valence-corrected chi connectivity index (χ4v) is 2.41. The van der Waals surface area contributed by atoms with Crippen LogP contribution < -0.4 is 4.90 Å². The number of carbonyl (C=O) groups excluding carboxylic acids is 1. The molecule has 1 aliphatic rings. The Morgan fingerprint density at radius 3 is 2.84 bits per heavy atom. The summed E-state index contributed by atoms with van der Waals surface area (Å²) in [4.78, 5) is 28.8. The second-order valence-corrected chi connectivity index (χ2v) is 4.60. The first kappa shape index (κ1) is 11.6. The van der Waals surface area contributed by atoms with Crippen molar-refractivity contribution in [1.29, 1.82) is 0 Å². The second kappa shape index (κ2) is 4.35. The van der Waals surface area contributed by atoms with Gasteiger partial charge in [-0.05, 0) is 12.1 Å². The lowest BCUT2D eigenvalue weighted by Crippen LogP contribution is -2.26. The molecular formula is C14H12N2O3. The molecule has 1 unspecified atom stereocenters. The molecule has 2 aromatic rings. The number of aliphatic carboxylic acids is 1. The number of carboxylic acids is 1. The van der Waals surface area contributed by atoms with Gasteiger partial charge in [-0.1, -0.05) is 18.2 Å². The lowest BCUT2D eigenvalue weighted by molar-refractivity contribution is -0.141. The van der Waals surface area contributed by atoms with Crippen molar-refractivity contribution in [2.75, 3.05) is 11.4 Å². The summed E-state index contributed by atoms with van der Waals surface area (Å²) in [5, 5.41) is 9.95. The van der Waals surface area contributed by atoms with Gasteiger partial charge in [-0.25, -0.2) is 0 Å². The monoisotopic (exact) mass is 256 g/mol. The van der Waals surface area contributed by atoms with Gasteiger partial charge < -0.3 is 10.0 Å². The molecule has 0 bridgehead atoms. The highest BCUT2D eigenvalue weighted by Crippen LogP contribution is 2.30. The van der Waals surface area contributed by atoms with Gasteiger partial charge in [-0.2, -0.15) is 0 Å². The molecule has 1 amide bonds. The van der Waals surface area contributed by atoms with Crippen LogP contribution in [-0.2, 0) is 9.59 Å². The highest BCUT2D eigenvalue weighted by molar-refractivity contribution is 6.05. The minimum atomic E-state index is -0.927. The second-order valence-electron chi connectivity index (χ2n) is 4.60. The van der Waals surface area contributed by atoms with Crippen LogP contribution in [0.2, 0.25) is 0 Å². The number of amides is 1. The van der Waals surface area contributed by atoms with E-state index in [1.807, 2.05) is 24.3 Å². The van der Waals surface area contributed by atoms with Gasteiger partial charge in [0.1, 0.15) is 0 Å². The highest BCUT2D eigenvalue weighted by atomic mass is 16.4. The summed E-state index contributed by atoms with van der Waals surface area (Å²) in [6.45, 7) is 0.212. The Balaban J connectivity index is 2.05. The van der Waals surface area contributed by atoms with Crippen LogP contribution in [0.3, 0.4) is 0 Å². The predicted octanol–water partition coefficient (Wildman–Crippen LogP) is 1.67. The lowest BCUT2D eigenvalue weighted by Gasteiger charge is -2.17. The SMILES string of the molecule is O=C(O)C1CC(=O)N(c2cccc3cccnc23)C1. The van der Waals surface area contributed by atoms with E-state index in [0.29, 0.717) is 5.69 Å². The Morgan fingerprint density at radius 2 is 2.11 bits per heavy atom. The minimum Gasteiger partial charge on any atom is -0.481 e. The summed E-state index contributed by atoms with van der Waals surface area (Å²) in [6, 6.07) is 9.32. The molecule has 1 aromatic carbocycles. The van der Waals surface area contributed by atoms with Gasteiger partial charge in [0.25, 0.3) is 0 Å². The maximum absolute atomic E-state index is 12.0. The van der Waals surface area contributed by atoms with E-state index in [0.717, 1.165) is 10.9 Å². The van der Waals surface area contributed by atoms with Gasteiger partial charge in [0.15, 0.2) is 0 Å². The third kappa shape index (κ3) is 1.93. The van der Waals surface area contributed by atoms with Crippen molar-refractivity contribution in [2.45, 2.75) is 6.42 Å². The molecule has 1 saturated heterocycles. The third-order valence-electron chi connectivity index (χ3n) is 3.38. The summed E-state index contributed by atoms with van der Waals surface area (Å²) in [5.74, 6) is -1.72. The number of para-hydroxylation sites is 1. The molecule has 1 N–H and O–H groups in total. The maximum Gasteiger partial charge on any atom is 0.308 e. The third-order valence-corrected chi connectivity index (χ3v) is 3.38. The first-order valence-electron chi connectivity index (χ1n) is 6.04. The predicted molar refractivity (Wildman–Crippen MR) is 69.8 cm³/mol. The van der Waals surface area contributed by atoms with Crippen molar-refractivity contribution in [3.05, 3.63) is 36.5 Å². The molecular weight excluding hydrogens is 244 g/mol. The largest absolute Gasteiger partial charge is 0.481 e. The van der Waals surface area contributed by atoms with E-state index in [-0.39, 0.29) is 18.9 Å². The zero-order valence-corrected chi connectivity index (χ0v) is 10.1.